The fraction of sp³-hybridized carbons (Fsp3) is 0.444. The van der Waals surface area contributed by atoms with E-state index in [1.54, 1.807) is 29.2 Å². The van der Waals surface area contributed by atoms with Crippen molar-refractivity contribution in [2.75, 3.05) is 6.61 Å². The molecule has 0 spiro atoms. The average Bonchev–Trinajstić information content (AvgIpc) is 2.60. The van der Waals surface area contributed by atoms with Crippen LogP contribution in [0.2, 0.25) is 0 Å². The molecule has 2 heterocycles. The second kappa shape index (κ2) is 7.04. The van der Waals surface area contributed by atoms with E-state index in [1.165, 1.54) is 0 Å². The van der Waals surface area contributed by atoms with E-state index < -0.39 is 5.97 Å². The molecule has 1 aromatic carbocycles. The first-order chi connectivity index (χ1) is 12.0. The van der Waals surface area contributed by atoms with Gasteiger partial charge in [-0.1, -0.05) is 18.2 Å². The molecule has 1 fully saturated rings. The number of piperidine rings is 1. The standard InChI is InChI=1S/C18H21N3O4/c1-11-6-5-7-12(2)21(11)15(22)10-25-18(24)16-13-8-3-4-9-14(13)17(23)20-19-16/h3-4,8-9,11-12H,5-7,10H2,1-2H3,(H,20,23)/t11-,12-/m1/s1. The molecule has 2 aromatic rings. The first-order valence-electron chi connectivity index (χ1n) is 8.44. The first-order valence-corrected chi connectivity index (χ1v) is 8.44. The Morgan fingerprint density at radius 2 is 1.84 bits per heavy atom. The number of likely N-dealkylation sites (tertiary alicyclic amines) is 1. The second-order valence-corrected chi connectivity index (χ2v) is 6.45. The Balaban J connectivity index is 1.74. The number of carbonyl (C=O) groups is 2. The van der Waals surface area contributed by atoms with Crippen LogP contribution in [0.15, 0.2) is 29.1 Å². The van der Waals surface area contributed by atoms with Gasteiger partial charge in [0.2, 0.25) is 0 Å². The number of carbonyl (C=O) groups excluding carboxylic acids is 2. The Morgan fingerprint density at radius 1 is 1.20 bits per heavy atom. The number of esters is 1. The van der Waals surface area contributed by atoms with Gasteiger partial charge in [-0.25, -0.2) is 9.89 Å². The number of amides is 1. The molecule has 1 aromatic heterocycles. The van der Waals surface area contributed by atoms with E-state index in [0.29, 0.717) is 10.8 Å². The summed E-state index contributed by atoms with van der Waals surface area (Å²) >= 11 is 0. The van der Waals surface area contributed by atoms with Gasteiger partial charge >= 0.3 is 5.97 Å². The average molecular weight is 343 g/mol. The van der Waals surface area contributed by atoms with Gasteiger partial charge in [0.1, 0.15) is 0 Å². The molecule has 1 aliphatic rings. The number of nitrogens with zero attached hydrogens (tertiary/aromatic N) is 2. The molecule has 1 amide bonds. The second-order valence-electron chi connectivity index (χ2n) is 6.45. The number of hydrogen-bond donors (Lipinski definition) is 1. The number of ether oxygens (including phenoxy) is 1. The summed E-state index contributed by atoms with van der Waals surface area (Å²) in [5.41, 5.74) is -0.373. The first kappa shape index (κ1) is 17.1. The monoisotopic (exact) mass is 343 g/mol. The Bertz CT molecular complexity index is 851. The summed E-state index contributed by atoms with van der Waals surface area (Å²) in [5.74, 6) is -0.931. The molecule has 25 heavy (non-hydrogen) atoms. The number of aromatic amines is 1. The van der Waals surface area contributed by atoms with Gasteiger partial charge in [0, 0.05) is 17.5 Å². The maximum absolute atomic E-state index is 12.4. The third-order valence-corrected chi connectivity index (χ3v) is 4.70. The number of nitrogens with one attached hydrogen (secondary N) is 1. The normalized spacial score (nSPS) is 20.5. The van der Waals surface area contributed by atoms with Crippen molar-refractivity contribution >= 4 is 22.6 Å². The van der Waals surface area contributed by atoms with Crippen LogP contribution in [-0.2, 0) is 9.53 Å². The zero-order valence-corrected chi connectivity index (χ0v) is 14.3. The maximum atomic E-state index is 12.4. The Hall–Kier alpha value is -2.70. The lowest BCUT2D eigenvalue weighted by Crippen LogP contribution is -2.49. The van der Waals surface area contributed by atoms with Crippen LogP contribution in [0.4, 0.5) is 0 Å². The molecule has 0 aliphatic carbocycles. The topological polar surface area (TPSA) is 92.4 Å². The van der Waals surface area contributed by atoms with E-state index in [2.05, 4.69) is 10.2 Å². The van der Waals surface area contributed by atoms with Crippen molar-refractivity contribution in [3.8, 4) is 0 Å². The summed E-state index contributed by atoms with van der Waals surface area (Å²) in [5, 5.41) is 6.84. The molecule has 2 atom stereocenters. The van der Waals surface area contributed by atoms with Crippen LogP contribution < -0.4 is 5.56 Å². The largest absolute Gasteiger partial charge is 0.451 e. The van der Waals surface area contributed by atoms with E-state index in [-0.39, 0.29) is 35.9 Å². The summed E-state index contributed by atoms with van der Waals surface area (Å²) in [6.07, 6.45) is 3.01. The fourth-order valence-corrected chi connectivity index (χ4v) is 3.45. The zero-order valence-electron chi connectivity index (χ0n) is 14.3. The van der Waals surface area contributed by atoms with Crippen LogP contribution in [-0.4, -0.2) is 45.7 Å². The Morgan fingerprint density at radius 3 is 2.52 bits per heavy atom. The van der Waals surface area contributed by atoms with Crippen LogP contribution >= 0.6 is 0 Å². The summed E-state index contributed by atoms with van der Waals surface area (Å²) in [6.45, 7) is 3.68. The van der Waals surface area contributed by atoms with Crippen LogP contribution in [0.25, 0.3) is 10.8 Å². The molecule has 0 bridgehead atoms. The van der Waals surface area contributed by atoms with Crippen LogP contribution in [0.3, 0.4) is 0 Å². The molecule has 132 valence electrons. The van der Waals surface area contributed by atoms with Crippen molar-refractivity contribution in [2.45, 2.75) is 45.2 Å². The van der Waals surface area contributed by atoms with Crippen molar-refractivity contribution < 1.29 is 14.3 Å². The highest BCUT2D eigenvalue weighted by Gasteiger charge is 2.29. The molecule has 3 rings (SSSR count). The van der Waals surface area contributed by atoms with Crippen LogP contribution in [0, 0.1) is 0 Å². The van der Waals surface area contributed by atoms with Crippen LogP contribution in [0.5, 0.6) is 0 Å². The number of aromatic nitrogens is 2. The van der Waals surface area contributed by atoms with Gasteiger partial charge in [-0.05, 0) is 39.2 Å². The van der Waals surface area contributed by atoms with Gasteiger partial charge in [-0.15, -0.1) is 0 Å². The predicted molar refractivity (Wildman–Crippen MR) is 92.3 cm³/mol. The molecule has 1 aliphatic heterocycles. The van der Waals surface area contributed by atoms with Gasteiger partial charge in [0.15, 0.2) is 12.3 Å². The van der Waals surface area contributed by atoms with Crippen molar-refractivity contribution in [3.05, 3.63) is 40.3 Å². The van der Waals surface area contributed by atoms with Crippen molar-refractivity contribution in [2.24, 2.45) is 0 Å². The summed E-state index contributed by atoms with van der Waals surface area (Å²) in [4.78, 5) is 38.3. The number of hydrogen-bond acceptors (Lipinski definition) is 5. The molecular weight excluding hydrogens is 322 g/mol. The van der Waals surface area contributed by atoms with E-state index in [9.17, 15) is 14.4 Å². The number of benzene rings is 1. The smallest absolute Gasteiger partial charge is 0.359 e. The maximum Gasteiger partial charge on any atom is 0.359 e. The third-order valence-electron chi connectivity index (χ3n) is 4.70. The minimum Gasteiger partial charge on any atom is -0.451 e. The highest BCUT2D eigenvalue weighted by atomic mass is 16.5. The Labute approximate surface area is 145 Å². The number of rotatable bonds is 3. The molecule has 0 unspecified atom stereocenters. The van der Waals surface area contributed by atoms with E-state index in [1.807, 2.05) is 13.8 Å². The van der Waals surface area contributed by atoms with Gasteiger partial charge in [-0.3, -0.25) is 9.59 Å². The third kappa shape index (κ3) is 3.40. The zero-order chi connectivity index (χ0) is 18.0. The van der Waals surface area contributed by atoms with E-state index in [0.717, 1.165) is 19.3 Å². The lowest BCUT2D eigenvalue weighted by molar-refractivity contribution is -0.140. The molecule has 7 heteroatoms. The number of H-pyrrole nitrogens is 1. The van der Waals surface area contributed by atoms with Crippen molar-refractivity contribution in [1.82, 2.24) is 15.1 Å². The summed E-state index contributed by atoms with van der Waals surface area (Å²) < 4.78 is 5.17. The highest BCUT2D eigenvalue weighted by Crippen LogP contribution is 2.22. The minimum absolute atomic E-state index is 0.00254. The molecule has 0 radical (unpaired) electrons. The summed E-state index contributed by atoms with van der Waals surface area (Å²) in [7, 11) is 0. The fourth-order valence-electron chi connectivity index (χ4n) is 3.45. The Kier molecular flexibility index (Phi) is 4.83. The van der Waals surface area contributed by atoms with Gasteiger partial charge in [0.05, 0.1) is 5.39 Å². The van der Waals surface area contributed by atoms with E-state index in [4.69, 9.17) is 4.74 Å². The highest BCUT2D eigenvalue weighted by molar-refractivity contribution is 6.02. The van der Waals surface area contributed by atoms with Crippen molar-refractivity contribution in [1.29, 1.82) is 0 Å². The molecule has 1 N–H and O–H groups in total. The van der Waals surface area contributed by atoms with E-state index >= 15 is 0 Å². The molecule has 0 saturated carbocycles. The summed E-state index contributed by atoms with van der Waals surface area (Å²) in [6, 6.07) is 6.93. The molecular formula is C18H21N3O4. The molecule has 1 saturated heterocycles. The minimum atomic E-state index is -0.724. The lowest BCUT2D eigenvalue weighted by Gasteiger charge is -2.38. The number of fused-ring (bicyclic) bond motifs is 1. The van der Waals surface area contributed by atoms with Crippen LogP contribution in [0.1, 0.15) is 43.6 Å². The lowest BCUT2D eigenvalue weighted by atomic mass is 9.97. The van der Waals surface area contributed by atoms with Gasteiger partial charge < -0.3 is 9.64 Å². The van der Waals surface area contributed by atoms with Gasteiger partial charge in [-0.2, -0.15) is 5.10 Å². The molecule has 7 nitrogen and oxygen atoms in total. The predicted octanol–water partition coefficient (Wildman–Crippen LogP) is 1.87. The SMILES string of the molecule is C[C@@H]1CCC[C@@H](C)N1C(=O)COC(=O)c1n[nH]c(=O)c2ccccc12. The quantitative estimate of drug-likeness (QED) is 0.859. The van der Waals surface area contributed by atoms with Crippen molar-refractivity contribution in [3.63, 3.8) is 0 Å². The van der Waals surface area contributed by atoms with Gasteiger partial charge in [0.25, 0.3) is 11.5 Å².